The van der Waals surface area contributed by atoms with Crippen LogP contribution in [0.3, 0.4) is 0 Å². The van der Waals surface area contributed by atoms with Gasteiger partial charge >= 0.3 is 0 Å². The van der Waals surface area contributed by atoms with E-state index in [0.29, 0.717) is 0 Å². The third-order valence-corrected chi connectivity index (χ3v) is 3.76. The van der Waals surface area contributed by atoms with Gasteiger partial charge in [0.05, 0.1) is 0 Å². The van der Waals surface area contributed by atoms with Crippen LogP contribution in [-0.2, 0) is 12.8 Å². The van der Waals surface area contributed by atoms with Crippen LogP contribution in [0.2, 0.25) is 0 Å². The average molecular weight is 267 g/mol. The largest absolute Gasteiger partial charge is 0.361 e. The van der Waals surface area contributed by atoms with Crippen LogP contribution in [0.4, 0.5) is 4.39 Å². The van der Waals surface area contributed by atoms with Crippen molar-refractivity contribution in [1.29, 1.82) is 0 Å². The Hall–Kier alpha value is -2.09. The number of aryl methyl sites for hydroxylation is 3. The Morgan fingerprint density at radius 1 is 1.00 bits per heavy atom. The van der Waals surface area contributed by atoms with Crippen molar-refractivity contribution in [2.75, 3.05) is 0 Å². The lowest BCUT2D eigenvalue weighted by Gasteiger charge is -2.02. The minimum Gasteiger partial charge on any atom is -0.361 e. The van der Waals surface area contributed by atoms with Gasteiger partial charge in [0.1, 0.15) is 5.82 Å². The summed E-state index contributed by atoms with van der Waals surface area (Å²) >= 11 is 0. The third kappa shape index (κ3) is 2.74. The van der Waals surface area contributed by atoms with Gasteiger partial charge in [0.15, 0.2) is 0 Å². The molecule has 1 nitrogen and oxygen atoms in total. The average Bonchev–Trinajstić information content (AvgIpc) is 2.84. The highest BCUT2D eigenvalue weighted by Crippen LogP contribution is 2.21. The van der Waals surface area contributed by atoms with Crippen molar-refractivity contribution in [3.8, 4) is 0 Å². The molecular formula is C18H18FN. The van der Waals surface area contributed by atoms with Crippen LogP contribution in [0.1, 0.15) is 23.1 Å². The number of rotatable bonds is 4. The Morgan fingerprint density at radius 2 is 1.80 bits per heavy atom. The van der Waals surface area contributed by atoms with Crippen LogP contribution in [-0.4, -0.2) is 4.98 Å². The zero-order chi connectivity index (χ0) is 13.9. The van der Waals surface area contributed by atoms with Crippen LogP contribution in [0.5, 0.6) is 0 Å². The minimum absolute atomic E-state index is 0.170. The van der Waals surface area contributed by atoms with E-state index in [4.69, 9.17) is 0 Å². The van der Waals surface area contributed by atoms with E-state index in [-0.39, 0.29) is 5.82 Å². The molecule has 0 saturated heterocycles. The number of benzene rings is 2. The van der Waals surface area contributed by atoms with Gasteiger partial charge in [-0.05, 0) is 55.5 Å². The monoisotopic (exact) mass is 267 g/mol. The molecule has 0 aliphatic heterocycles. The second-order valence-electron chi connectivity index (χ2n) is 5.34. The first kappa shape index (κ1) is 12.9. The molecule has 3 rings (SSSR count). The van der Waals surface area contributed by atoms with Crippen LogP contribution < -0.4 is 0 Å². The van der Waals surface area contributed by atoms with Crippen LogP contribution >= 0.6 is 0 Å². The topological polar surface area (TPSA) is 15.8 Å². The Labute approximate surface area is 118 Å². The van der Waals surface area contributed by atoms with Crippen molar-refractivity contribution in [2.45, 2.75) is 26.2 Å². The quantitative estimate of drug-likeness (QED) is 0.699. The van der Waals surface area contributed by atoms with E-state index in [1.165, 1.54) is 22.8 Å². The molecule has 0 aliphatic rings. The molecule has 2 aromatic carbocycles. The van der Waals surface area contributed by atoms with Gasteiger partial charge < -0.3 is 4.98 Å². The zero-order valence-electron chi connectivity index (χ0n) is 11.6. The zero-order valence-corrected chi connectivity index (χ0v) is 11.6. The molecule has 3 aromatic rings. The minimum atomic E-state index is -0.170. The fourth-order valence-electron chi connectivity index (χ4n) is 2.60. The highest BCUT2D eigenvalue weighted by molar-refractivity contribution is 5.83. The molecule has 0 amide bonds. The Kier molecular flexibility index (Phi) is 3.55. The Morgan fingerprint density at radius 3 is 2.60 bits per heavy atom. The fraction of sp³-hybridized carbons (Fsp3) is 0.222. The van der Waals surface area contributed by atoms with Crippen molar-refractivity contribution in [2.24, 2.45) is 0 Å². The number of H-pyrrole nitrogens is 1. The molecule has 20 heavy (non-hydrogen) atoms. The second-order valence-corrected chi connectivity index (χ2v) is 5.34. The van der Waals surface area contributed by atoms with E-state index in [2.05, 4.69) is 36.2 Å². The van der Waals surface area contributed by atoms with Crippen molar-refractivity contribution in [3.63, 3.8) is 0 Å². The molecular weight excluding hydrogens is 249 g/mol. The lowest BCUT2D eigenvalue weighted by Crippen LogP contribution is -1.89. The summed E-state index contributed by atoms with van der Waals surface area (Å²) in [6.45, 7) is 2.10. The van der Waals surface area contributed by atoms with Gasteiger partial charge in [0.2, 0.25) is 0 Å². The molecule has 0 bridgehead atoms. The molecule has 102 valence electrons. The summed E-state index contributed by atoms with van der Waals surface area (Å²) in [5, 5.41) is 1.01. The van der Waals surface area contributed by atoms with Crippen molar-refractivity contribution < 1.29 is 4.39 Å². The van der Waals surface area contributed by atoms with Crippen molar-refractivity contribution in [3.05, 3.63) is 71.2 Å². The van der Waals surface area contributed by atoms with Gasteiger partial charge in [-0.25, -0.2) is 4.39 Å². The third-order valence-electron chi connectivity index (χ3n) is 3.76. The first-order valence-corrected chi connectivity index (χ1v) is 7.03. The highest BCUT2D eigenvalue weighted by Gasteiger charge is 2.04. The van der Waals surface area contributed by atoms with Gasteiger partial charge in [-0.3, -0.25) is 0 Å². The predicted octanol–water partition coefficient (Wildman–Crippen LogP) is 4.79. The first-order valence-electron chi connectivity index (χ1n) is 7.03. The summed E-state index contributed by atoms with van der Waals surface area (Å²) in [6.07, 6.45) is 5.10. The smallest absolute Gasteiger partial charge is 0.123 e. The molecule has 0 aliphatic carbocycles. The maximum atomic E-state index is 13.3. The van der Waals surface area contributed by atoms with Crippen LogP contribution in [0.25, 0.3) is 10.9 Å². The van der Waals surface area contributed by atoms with E-state index >= 15 is 0 Å². The molecule has 1 aromatic heterocycles. The molecule has 2 heteroatoms. The predicted molar refractivity (Wildman–Crippen MR) is 81.5 cm³/mol. The number of aromatic amines is 1. The van der Waals surface area contributed by atoms with E-state index < -0.39 is 0 Å². The number of hydrogen-bond donors (Lipinski definition) is 1. The molecule has 0 spiro atoms. The van der Waals surface area contributed by atoms with Gasteiger partial charge in [-0.15, -0.1) is 0 Å². The highest BCUT2D eigenvalue weighted by atomic mass is 19.1. The number of fused-ring (bicyclic) bond motifs is 1. The Bertz CT molecular complexity index is 710. The fourth-order valence-corrected chi connectivity index (χ4v) is 2.60. The lowest BCUT2D eigenvalue weighted by molar-refractivity contribution is 0.629. The number of aromatic nitrogens is 1. The Balaban J connectivity index is 1.68. The van der Waals surface area contributed by atoms with Crippen LogP contribution in [0.15, 0.2) is 48.7 Å². The molecule has 1 N–H and O–H groups in total. The van der Waals surface area contributed by atoms with E-state index in [9.17, 15) is 4.39 Å². The van der Waals surface area contributed by atoms with Gasteiger partial charge in [-0.1, -0.05) is 29.8 Å². The van der Waals surface area contributed by atoms with Gasteiger partial charge in [-0.2, -0.15) is 0 Å². The SMILES string of the molecule is Cc1ccc(CCCc2c[nH]c3ccc(F)cc23)cc1. The molecule has 0 atom stereocenters. The molecule has 0 unspecified atom stereocenters. The number of halogens is 1. The summed E-state index contributed by atoms with van der Waals surface area (Å²) in [4.78, 5) is 3.20. The summed E-state index contributed by atoms with van der Waals surface area (Å²) in [5.41, 5.74) is 4.87. The number of nitrogens with one attached hydrogen (secondary N) is 1. The molecule has 0 radical (unpaired) electrons. The van der Waals surface area contributed by atoms with Crippen LogP contribution in [0, 0.1) is 12.7 Å². The first-order chi connectivity index (χ1) is 9.72. The standard InChI is InChI=1S/C18H18FN/c1-13-5-7-14(8-6-13)3-2-4-15-12-20-18-10-9-16(19)11-17(15)18/h5-12,20H,2-4H2,1H3. The maximum Gasteiger partial charge on any atom is 0.123 e. The maximum absolute atomic E-state index is 13.3. The van der Waals surface area contributed by atoms with Gasteiger partial charge in [0.25, 0.3) is 0 Å². The second kappa shape index (κ2) is 5.49. The summed E-state index contributed by atoms with van der Waals surface area (Å²) < 4.78 is 13.3. The number of hydrogen-bond acceptors (Lipinski definition) is 0. The van der Waals surface area contributed by atoms with Crippen molar-refractivity contribution in [1.82, 2.24) is 4.98 Å². The van der Waals surface area contributed by atoms with E-state index in [1.807, 2.05) is 6.20 Å². The molecule has 0 fully saturated rings. The normalized spacial score (nSPS) is 11.1. The van der Waals surface area contributed by atoms with E-state index in [1.54, 1.807) is 12.1 Å². The summed E-state index contributed by atoms with van der Waals surface area (Å²) in [7, 11) is 0. The molecule has 0 saturated carbocycles. The van der Waals surface area contributed by atoms with E-state index in [0.717, 1.165) is 30.2 Å². The lowest BCUT2D eigenvalue weighted by atomic mass is 10.0. The van der Waals surface area contributed by atoms with Gasteiger partial charge in [0, 0.05) is 17.1 Å². The van der Waals surface area contributed by atoms with Crippen molar-refractivity contribution >= 4 is 10.9 Å². The molecule has 1 heterocycles. The summed E-state index contributed by atoms with van der Waals surface area (Å²) in [5.74, 6) is -0.170. The summed E-state index contributed by atoms with van der Waals surface area (Å²) in [6, 6.07) is 13.6.